The normalized spacial score (nSPS) is 10.8. The van der Waals surface area contributed by atoms with E-state index >= 15 is 0 Å². The van der Waals surface area contributed by atoms with Crippen molar-refractivity contribution in [2.24, 2.45) is 7.05 Å². The first-order chi connectivity index (χ1) is 9.16. The number of anilines is 1. The van der Waals surface area contributed by atoms with E-state index in [9.17, 15) is 0 Å². The van der Waals surface area contributed by atoms with Crippen molar-refractivity contribution in [3.8, 4) is 22.4 Å². The van der Waals surface area contributed by atoms with E-state index in [1.54, 1.807) is 10.9 Å². The van der Waals surface area contributed by atoms with E-state index < -0.39 is 0 Å². The van der Waals surface area contributed by atoms with Crippen molar-refractivity contribution in [2.75, 3.05) is 5.73 Å². The van der Waals surface area contributed by atoms with Gasteiger partial charge >= 0.3 is 0 Å². The molecule has 2 aromatic heterocycles. The molecule has 0 saturated heterocycles. The summed E-state index contributed by atoms with van der Waals surface area (Å²) in [4.78, 5) is 0. The number of nitrogen functional groups attached to an aromatic ring is 1. The van der Waals surface area contributed by atoms with Crippen LogP contribution >= 0.6 is 0 Å². The number of nitrogens with two attached hydrogens (primary N) is 1. The molecule has 0 saturated carbocycles. The molecule has 5 nitrogen and oxygen atoms in total. The summed E-state index contributed by atoms with van der Waals surface area (Å²) in [5.74, 6) is 0.654. The molecule has 0 radical (unpaired) electrons. The first-order valence-corrected chi connectivity index (χ1v) is 6.05. The predicted octanol–water partition coefficient (Wildman–Crippen LogP) is 2.37. The summed E-state index contributed by atoms with van der Waals surface area (Å²) in [6.45, 7) is 2.06. The molecule has 0 aliphatic carbocycles. The molecule has 0 atom stereocenters. The summed E-state index contributed by atoms with van der Waals surface area (Å²) in [5, 5.41) is 11.3. The number of rotatable bonds is 2. The molecule has 0 fully saturated rings. The van der Waals surface area contributed by atoms with Crippen LogP contribution in [0.2, 0.25) is 0 Å². The first-order valence-electron chi connectivity index (χ1n) is 6.05. The predicted molar refractivity (Wildman–Crippen MR) is 75.4 cm³/mol. The molecule has 0 unspecified atom stereocenters. The Bertz CT molecular complexity index is 710. The van der Waals surface area contributed by atoms with Gasteiger partial charge in [0, 0.05) is 18.8 Å². The second-order valence-electron chi connectivity index (χ2n) is 4.59. The second-order valence-corrected chi connectivity index (χ2v) is 4.59. The minimum atomic E-state index is 0.654. The first kappa shape index (κ1) is 11.5. The molecule has 0 spiro atoms. The summed E-state index contributed by atoms with van der Waals surface area (Å²) in [6.07, 6.45) is 3.57. The summed E-state index contributed by atoms with van der Waals surface area (Å²) < 4.78 is 1.69. The highest BCUT2D eigenvalue weighted by Crippen LogP contribution is 2.35. The maximum Gasteiger partial charge on any atom is 0.129 e. The Morgan fingerprint density at radius 1 is 1.26 bits per heavy atom. The molecule has 3 aromatic rings. The molecular formula is C14H15N5. The molecule has 0 aliphatic heterocycles. The third kappa shape index (κ3) is 1.89. The summed E-state index contributed by atoms with van der Waals surface area (Å²) in [7, 11) is 1.85. The van der Waals surface area contributed by atoms with Gasteiger partial charge in [-0.25, -0.2) is 0 Å². The van der Waals surface area contributed by atoms with E-state index in [0.29, 0.717) is 5.82 Å². The smallest absolute Gasteiger partial charge is 0.129 e. The zero-order valence-electron chi connectivity index (χ0n) is 10.9. The van der Waals surface area contributed by atoms with Crippen LogP contribution in [0, 0.1) is 6.92 Å². The van der Waals surface area contributed by atoms with E-state index in [4.69, 9.17) is 5.73 Å². The lowest BCUT2D eigenvalue weighted by Crippen LogP contribution is -1.98. The van der Waals surface area contributed by atoms with E-state index in [2.05, 4.69) is 34.4 Å². The van der Waals surface area contributed by atoms with Crippen molar-refractivity contribution in [1.29, 1.82) is 0 Å². The van der Waals surface area contributed by atoms with Crippen LogP contribution in [-0.4, -0.2) is 20.0 Å². The summed E-state index contributed by atoms with van der Waals surface area (Å²) in [6, 6.07) is 8.24. The van der Waals surface area contributed by atoms with Gasteiger partial charge < -0.3 is 5.73 Å². The number of nitrogens with one attached hydrogen (secondary N) is 1. The van der Waals surface area contributed by atoms with Gasteiger partial charge in [0.25, 0.3) is 0 Å². The highest BCUT2D eigenvalue weighted by molar-refractivity contribution is 5.87. The molecular weight excluding hydrogens is 238 g/mol. The van der Waals surface area contributed by atoms with Crippen LogP contribution in [0.5, 0.6) is 0 Å². The van der Waals surface area contributed by atoms with Gasteiger partial charge in [-0.2, -0.15) is 10.2 Å². The third-order valence-electron chi connectivity index (χ3n) is 3.17. The van der Waals surface area contributed by atoms with Crippen LogP contribution in [0.1, 0.15) is 5.56 Å². The minimum Gasteiger partial charge on any atom is -0.383 e. The Morgan fingerprint density at radius 2 is 2.11 bits per heavy atom. The molecule has 1 aromatic carbocycles. The summed E-state index contributed by atoms with van der Waals surface area (Å²) >= 11 is 0. The zero-order valence-corrected chi connectivity index (χ0v) is 10.9. The lowest BCUT2D eigenvalue weighted by Gasteiger charge is -2.04. The molecule has 5 heteroatoms. The van der Waals surface area contributed by atoms with Gasteiger partial charge in [0.15, 0.2) is 0 Å². The lowest BCUT2D eigenvalue weighted by molar-refractivity contribution is 0.782. The second kappa shape index (κ2) is 4.28. The lowest BCUT2D eigenvalue weighted by atomic mass is 10.0. The van der Waals surface area contributed by atoms with Gasteiger partial charge in [-0.15, -0.1) is 0 Å². The van der Waals surface area contributed by atoms with Gasteiger partial charge in [0.1, 0.15) is 11.5 Å². The monoisotopic (exact) mass is 253 g/mol. The number of aromatic amines is 1. The molecule has 19 heavy (non-hydrogen) atoms. The molecule has 96 valence electrons. The topological polar surface area (TPSA) is 72.5 Å². The van der Waals surface area contributed by atoms with Crippen LogP contribution < -0.4 is 5.73 Å². The third-order valence-corrected chi connectivity index (χ3v) is 3.17. The number of nitrogens with zero attached hydrogens (tertiary/aromatic N) is 3. The van der Waals surface area contributed by atoms with Gasteiger partial charge in [0.05, 0.1) is 11.8 Å². The number of hydrogen-bond donors (Lipinski definition) is 2. The Kier molecular flexibility index (Phi) is 2.59. The van der Waals surface area contributed by atoms with Crippen molar-refractivity contribution in [3.63, 3.8) is 0 Å². The largest absolute Gasteiger partial charge is 0.383 e. The maximum atomic E-state index is 6.16. The molecule has 3 N–H and O–H groups in total. The van der Waals surface area contributed by atoms with Crippen molar-refractivity contribution in [2.45, 2.75) is 6.92 Å². The number of H-pyrrole nitrogens is 1. The van der Waals surface area contributed by atoms with Gasteiger partial charge in [-0.05, 0) is 12.5 Å². The average molecular weight is 253 g/mol. The number of aryl methyl sites for hydroxylation is 2. The van der Waals surface area contributed by atoms with E-state index in [-0.39, 0.29) is 0 Å². The van der Waals surface area contributed by atoms with Crippen LogP contribution in [0.15, 0.2) is 36.7 Å². The quantitative estimate of drug-likeness (QED) is 0.736. The fourth-order valence-corrected chi connectivity index (χ4v) is 2.20. The minimum absolute atomic E-state index is 0.654. The Morgan fingerprint density at radius 3 is 2.79 bits per heavy atom. The fourth-order valence-electron chi connectivity index (χ4n) is 2.20. The maximum absolute atomic E-state index is 6.16. The highest BCUT2D eigenvalue weighted by Gasteiger charge is 2.17. The number of aromatic nitrogens is 4. The van der Waals surface area contributed by atoms with Gasteiger partial charge in [0.2, 0.25) is 0 Å². The Hall–Kier alpha value is -2.56. The standard InChI is InChI=1S/C14H15N5/c1-9-4-3-5-10(6-9)12-13(11-7-16-17-8-11)18-19(2)14(12)15/h3-8H,15H2,1-2H3,(H,16,17). The van der Waals surface area contributed by atoms with Crippen LogP contribution in [0.3, 0.4) is 0 Å². The Labute approximate surface area is 111 Å². The van der Waals surface area contributed by atoms with Crippen LogP contribution in [0.25, 0.3) is 22.4 Å². The SMILES string of the molecule is Cc1cccc(-c2c(-c3cn[nH]c3)nn(C)c2N)c1. The van der Waals surface area contributed by atoms with Gasteiger partial charge in [-0.3, -0.25) is 9.78 Å². The van der Waals surface area contributed by atoms with E-state index in [1.807, 2.05) is 25.4 Å². The Balaban J connectivity index is 2.26. The average Bonchev–Trinajstić information content (AvgIpc) is 2.99. The number of benzene rings is 1. The molecule has 0 bridgehead atoms. The van der Waals surface area contributed by atoms with E-state index in [0.717, 1.165) is 22.4 Å². The summed E-state index contributed by atoms with van der Waals surface area (Å²) in [5.41, 5.74) is 11.2. The molecule has 2 heterocycles. The van der Waals surface area contributed by atoms with E-state index in [1.165, 1.54) is 5.56 Å². The molecule has 3 rings (SSSR count). The molecule has 0 aliphatic rings. The molecule has 0 amide bonds. The van der Waals surface area contributed by atoms with Crippen LogP contribution in [0.4, 0.5) is 5.82 Å². The van der Waals surface area contributed by atoms with Gasteiger partial charge in [-0.1, -0.05) is 29.8 Å². The van der Waals surface area contributed by atoms with Crippen molar-refractivity contribution in [1.82, 2.24) is 20.0 Å². The van der Waals surface area contributed by atoms with Crippen molar-refractivity contribution < 1.29 is 0 Å². The number of hydrogen-bond acceptors (Lipinski definition) is 3. The van der Waals surface area contributed by atoms with Crippen molar-refractivity contribution in [3.05, 3.63) is 42.2 Å². The van der Waals surface area contributed by atoms with Crippen molar-refractivity contribution >= 4 is 5.82 Å². The highest BCUT2D eigenvalue weighted by atomic mass is 15.3. The van der Waals surface area contributed by atoms with Crippen LogP contribution in [-0.2, 0) is 7.05 Å². The zero-order chi connectivity index (χ0) is 13.4. The fraction of sp³-hybridized carbons (Fsp3) is 0.143.